The van der Waals surface area contributed by atoms with Gasteiger partial charge in [0.1, 0.15) is 0 Å². The van der Waals surface area contributed by atoms with Gasteiger partial charge in [0.15, 0.2) is 0 Å². The third-order valence-electron chi connectivity index (χ3n) is 2.52. The van der Waals surface area contributed by atoms with Crippen molar-refractivity contribution in [2.75, 3.05) is 0 Å². The van der Waals surface area contributed by atoms with E-state index in [1.54, 1.807) is 10.9 Å². The summed E-state index contributed by atoms with van der Waals surface area (Å²) in [5.41, 5.74) is 1.91. The van der Waals surface area contributed by atoms with E-state index in [-0.39, 0.29) is 6.42 Å². The molecule has 0 fully saturated rings. The molecule has 0 saturated carbocycles. The van der Waals surface area contributed by atoms with Crippen molar-refractivity contribution in [1.29, 1.82) is 0 Å². The Morgan fingerprint density at radius 2 is 2.06 bits per heavy atom. The highest BCUT2D eigenvalue weighted by Crippen LogP contribution is 2.20. The van der Waals surface area contributed by atoms with Gasteiger partial charge in [-0.05, 0) is 18.6 Å². The molecule has 0 amide bonds. The zero-order valence-corrected chi connectivity index (χ0v) is 11.2. The van der Waals surface area contributed by atoms with E-state index in [1.807, 2.05) is 24.3 Å². The van der Waals surface area contributed by atoms with Gasteiger partial charge in [-0.2, -0.15) is 0 Å². The zero-order chi connectivity index (χ0) is 13.0. The number of hydrogen-bond donors (Lipinski definition) is 1. The number of carboxylic acids is 1. The van der Waals surface area contributed by atoms with Crippen LogP contribution < -0.4 is 0 Å². The van der Waals surface area contributed by atoms with Crippen LogP contribution in [0.3, 0.4) is 0 Å². The number of aliphatic carboxylic acids is 1. The number of aryl methyl sites for hydroxylation is 1. The summed E-state index contributed by atoms with van der Waals surface area (Å²) in [4.78, 5) is 10.5. The van der Waals surface area contributed by atoms with Crippen LogP contribution in [0, 0.1) is 0 Å². The molecule has 1 heterocycles. The topological polar surface area (TPSA) is 68.0 Å². The highest BCUT2D eigenvalue weighted by Gasteiger charge is 2.07. The highest BCUT2D eigenvalue weighted by molar-refractivity contribution is 9.10. The number of benzene rings is 1. The Labute approximate surface area is 113 Å². The SMILES string of the molecule is O=C(O)CCCn1nncc1-c1ccc(Br)cc1. The van der Waals surface area contributed by atoms with E-state index in [0.717, 1.165) is 15.7 Å². The normalized spacial score (nSPS) is 10.5. The first-order chi connectivity index (χ1) is 8.66. The largest absolute Gasteiger partial charge is 0.481 e. The van der Waals surface area contributed by atoms with Crippen molar-refractivity contribution >= 4 is 21.9 Å². The Bertz CT molecular complexity index is 537. The van der Waals surface area contributed by atoms with Crippen LogP contribution in [0.4, 0.5) is 0 Å². The van der Waals surface area contributed by atoms with Crippen LogP contribution in [0.15, 0.2) is 34.9 Å². The summed E-state index contributed by atoms with van der Waals surface area (Å²) in [6, 6.07) is 7.83. The Kier molecular flexibility index (Phi) is 4.09. The van der Waals surface area contributed by atoms with E-state index in [2.05, 4.69) is 26.2 Å². The van der Waals surface area contributed by atoms with Gasteiger partial charge in [0.2, 0.25) is 0 Å². The lowest BCUT2D eigenvalue weighted by Gasteiger charge is -2.05. The first kappa shape index (κ1) is 12.8. The molecule has 18 heavy (non-hydrogen) atoms. The number of rotatable bonds is 5. The number of carboxylic acid groups (broad SMARTS) is 1. The molecule has 0 aliphatic rings. The highest BCUT2D eigenvalue weighted by atomic mass is 79.9. The lowest BCUT2D eigenvalue weighted by atomic mass is 10.1. The molecule has 94 valence electrons. The summed E-state index contributed by atoms with van der Waals surface area (Å²) in [6.07, 6.45) is 2.37. The smallest absolute Gasteiger partial charge is 0.303 e. The Hall–Kier alpha value is -1.69. The molecule has 0 aliphatic carbocycles. The zero-order valence-electron chi connectivity index (χ0n) is 9.58. The van der Waals surface area contributed by atoms with Crippen molar-refractivity contribution in [3.05, 3.63) is 34.9 Å². The summed E-state index contributed by atoms with van der Waals surface area (Å²) in [7, 11) is 0. The van der Waals surface area contributed by atoms with Crippen molar-refractivity contribution in [1.82, 2.24) is 15.0 Å². The second-order valence-corrected chi connectivity index (χ2v) is 4.76. The van der Waals surface area contributed by atoms with Gasteiger partial charge in [-0.3, -0.25) is 4.79 Å². The number of halogens is 1. The molecule has 1 aromatic heterocycles. The molecule has 0 saturated heterocycles. The van der Waals surface area contributed by atoms with Gasteiger partial charge in [0.25, 0.3) is 0 Å². The van der Waals surface area contributed by atoms with Gasteiger partial charge in [0, 0.05) is 23.0 Å². The fourth-order valence-corrected chi connectivity index (χ4v) is 1.91. The van der Waals surface area contributed by atoms with Crippen molar-refractivity contribution < 1.29 is 9.90 Å². The van der Waals surface area contributed by atoms with Crippen LogP contribution in [0.2, 0.25) is 0 Å². The van der Waals surface area contributed by atoms with Crippen LogP contribution in [0.5, 0.6) is 0 Å². The molecule has 1 aromatic carbocycles. The fraction of sp³-hybridized carbons (Fsp3) is 0.250. The maximum absolute atomic E-state index is 10.5. The molecule has 5 nitrogen and oxygen atoms in total. The molecule has 2 rings (SSSR count). The van der Waals surface area contributed by atoms with Crippen LogP contribution >= 0.6 is 15.9 Å². The molecule has 0 spiro atoms. The van der Waals surface area contributed by atoms with Crippen LogP contribution in [-0.2, 0) is 11.3 Å². The fourth-order valence-electron chi connectivity index (χ4n) is 1.65. The number of aromatic nitrogens is 3. The van der Waals surface area contributed by atoms with Crippen molar-refractivity contribution in [3.8, 4) is 11.3 Å². The van der Waals surface area contributed by atoms with Gasteiger partial charge in [-0.15, -0.1) is 5.10 Å². The van der Waals surface area contributed by atoms with Gasteiger partial charge in [-0.25, -0.2) is 4.68 Å². The molecule has 6 heteroatoms. The minimum Gasteiger partial charge on any atom is -0.481 e. The summed E-state index contributed by atoms with van der Waals surface area (Å²) < 4.78 is 2.74. The third-order valence-corrected chi connectivity index (χ3v) is 3.05. The maximum atomic E-state index is 10.5. The van der Waals surface area contributed by atoms with Crippen molar-refractivity contribution in [3.63, 3.8) is 0 Å². The molecular weight excluding hydrogens is 298 g/mol. The number of hydrogen-bond acceptors (Lipinski definition) is 3. The molecule has 0 atom stereocenters. The second kappa shape index (κ2) is 5.77. The van der Waals surface area contributed by atoms with E-state index in [0.29, 0.717) is 13.0 Å². The van der Waals surface area contributed by atoms with Crippen molar-refractivity contribution in [2.24, 2.45) is 0 Å². The maximum Gasteiger partial charge on any atom is 0.303 e. The van der Waals surface area contributed by atoms with Gasteiger partial charge < -0.3 is 5.11 Å². The predicted molar refractivity (Wildman–Crippen MR) is 70.0 cm³/mol. The van der Waals surface area contributed by atoms with E-state index < -0.39 is 5.97 Å². The Morgan fingerprint density at radius 1 is 1.33 bits per heavy atom. The first-order valence-electron chi connectivity index (χ1n) is 5.53. The minimum absolute atomic E-state index is 0.139. The standard InChI is InChI=1S/C12H12BrN3O2/c13-10-5-3-9(4-6-10)11-8-14-15-16(11)7-1-2-12(17)18/h3-6,8H,1-2,7H2,(H,17,18). The number of nitrogens with zero attached hydrogens (tertiary/aromatic N) is 3. The van der Waals surface area contributed by atoms with Gasteiger partial charge >= 0.3 is 5.97 Å². The van der Waals surface area contributed by atoms with Crippen LogP contribution in [0.25, 0.3) is 11.3 Å². The molecule has 2 aromatic rings. The van der Waals surface area contributed by atoms with Gasteiger partial charge in [0.05, 0.1) is 11.9 Å². The average Bonchev–Trinajstić information content (AvgIpc) is 2.78. The molecule has 0 aliphatic heterocycles. The molecular formula is C12H12BrN3O2. The third kappa shape index (κ3) is 3.16. The predicted octanol–water partition coefficient (Wildman–Crippen LogP) is 2.57. The van der Waals surface area contributed by atoms with Crippen LogP contribution in [0.1, 0.15) is 12.8 Å². The molecule has 0 unspecified atom stereocenters. The lowest BCUT2D eigenvalue weighted by Crippen LogP contribution is -2.05. The quantitative estimate of drug-likeness (QED) is 0.921. The number of carbonyl (C=O) groups is 1. The Morgan fingerprint density at radius 3 is 2.72 bits per heavy atom. The lowest BCUT2D eigenvalue weighted by molar-refractivity contribution is -0.137. The monoisotopic (exact) mass is 309 g/mol. The van der Waals surface area contributed by atoms with E-state index in [1.165, 1.54) is 0 Å². The average molecular weight is 310 g/mol. The minimum atomic E-state index is -0.791. The summed E-state index contributed by atoms with van der Waals surface area (Å²) in [5.74, 6) is -0.791. The second-order valence-electron chi connectivity index (χ2n) is 3.85. The Balaban J connectivity index is 2.12. The van der Waals surface area contributed by atoms with Crippen molar-refractivity contribution in [2.45, 2.75) is 19.4 Å². The summed E-state index contributed by atoms with van der Waals surface area (Å²) in [6.45, 7) is 0.553. The van der Waals surface area contributed by atoms with Crippen LogP contribution in [-0.4, -0.2) is 26.1 Å². The van der Waals surface area contributed by atoms with Gasteiger partial charge in [-0.1, -0.05) is 33.3 Å². The molecule has 0 bridgehead atoms. The summed E-state index contributed by atoms with van der Waals surface area (Å²) in [5, 5.41) is 16.5. The van der Waals surface area contributed by atoms with E-state index in [4.69, 9.17) is 5.11 Å². The molecule has 0 radical (unpaired) electrons. The van der Waals surface area contributed by atoms with E-state index in [9.17, 15) is 4.79 Å². The first-order valence-corrected chi connectivity index (χ1v) is 6.32. The van der Waals surface area contributed by atoms with E-state index >= 15 is 0 Å². The molecule has 1 N–H and O–H groups in total. The summed E-state index contributed by atoms with van der Waals surface area (Å²) >= 11 is 3.38.